The Labute approximate surface area is 216 Å². The molecule has 2 aromatic carbocycles. The van der Waals surface area contributed by atoms with Gasteiger partial charge in [0.2, 0.25) is 0 Å². The fourth-order valence-corrected chi connectivity index (χ4v) is 4.64. The Kier molecular flexibility index (Phi) is 9.06. The van der Waals surface area contributed by atoms with E-state index in [1.807, 2.05) is 42.5 Å². The maximum atomic E-state index is 12.1. The fourth-order valence-electron chi connectivity index (χ4n) is 4.54. The maximum absolute atomic E-state index is 12.1. The van der Waals surface area contributed by atoms with Crippen LogP contribution >= 0.6 is 11.6 Å². The van der Waals surface area contributed by atoms with E-state index in [-0.39, 0.29) is 6.03 Å². The van der Waals surface area contributed by atoms with Crippen LogP contribution in [0.4, 0.5) is 10.5 Å². The predicted octanol–water partition coefficient (Wildman–Crippen LogP) is 4.66. The second-order valence-corrected chi connectivity index (χ2v) is 8.94. The first-order chi connectivity index (χ1) is 17.6. The maximum Gasteiger partial charge on any atom is 0.319 e. The van der Waals surface area contributed by atoms with Crippen LogP contribution in [0.5, 0.6) is 5.75 Å². The molecule has 1 aliphatic rings. The number of carbonyl (C=O) groups is 1. The van der Waals surface area contributed by atoms with E-state index in [0.29, 0.717) is 36.8 Å². The number of nitriles is 1. The van der Waals surface area contributed by atoms with Crippen molar-refractivity contribution < 1.29 is 14.3 Å². The van der Waals surface area contributed by atoms with Crippen LogP contribution in [0.2, 0.25) is 0 Å². The van der Waals surface area contributed by atoms with Gasteiger partial charge in [0.25, 0.3) is 0 Å². The number of halogens is 1. The number of hydrogen-bond donors (Lipinski definition) is 2. The molecule has 1 aromatic heterocycles. The number of nitrogens with one attached hydrogen (secondary N) is 2. The molecule has 1 fully saturated rings. The topological polar surface area (TPSA) is 91.5 Å². The van der Waals surface area contributed by atoms with Crippen LogP contribution in [0, 0.1) is 11.3 Å². The average Bonchev–Trinajstić information content (AvgIpc) is 3.23. The summed E-state index contributed by atoms with van der Waals surface area (Å²) in [5.74, 6) is 1.13. The molecule has 8 nitrogen and oxygen atoms in total. The Balaban J connectivity index is 1.55. The Hall–Kier alpha value is -3.25. The molecule has 9 heteroatoms. The van der Waals surface area contributed by atoms with Gasteiger partial charge in [0.05, 0.1) is 36.6 Å². The van der Waals surface area contributed by atoms with Crippen LogP contribution in [0.3, 0.4) is 0 Å². The predicted molar refractivity (Wildman–Crippen MR) is 143 cm³/mol. The largest absolute Gasteiger partial charge is 0.493 e. The number of urea groups is 1. The quantitative estimate of drug-likeness (QED) is 0.306. The molecule has 0 aliphatic carbocycles. The van der Waals surface area contributed by atoms with Crippen molar-refractivity contribution >= 4 is 34.2 Å². The first-order valence-electron chi connectivity index (χ1n) is 12.3. The highest BCUT2D eigenvalue weighted by atomic mass is 35.5. The Morgan fingerprint density at radius 3 is 2.81 bits per heavy atom. The lowest BCUT2D eigenvalue weighted by molar-refractivity contribution is 0.0358. The van der Waals surface area contributed by atoms with Crippen LogP contribution in [-0.2, 0) is 11.3 Å². The summed E-state index contributed by atoms with van der Waals surface area (Å²) in [7, 11) is 0. The second kappa shape index (κ2) is 12.6. The Bertz CT molecular complexity index is 1230. The number of anilines is 1. The summed E-state index contributed by atoms with van der Waals surface area (Å²) in [6.45, 7) is 8.30. The normalized spacial score (nSPS) is 13.9. The van der Waals surface area contributed by atoms with Crippen molar-refractivity contribution in [3.63, 3.8) is 0 Å². The molecule has 190 valence electrons. The zero-order chi connectivity index (χ0) is 25.3. The van der Waals surface area contributed by atoms with Crippen molar-refractivity contribution in [1.82, 2.24) is 14.8 Å². The minimum atomic E-state index is -0.320. The van der Waals surface area contributed by atoms with E-state index in [2.05, 4.69) is 33.1 Å². The number of nitrogens with zero attached hydrogens (tertiary/aromatic N) is 3. The first kappa shape index (κ1) is 25.8. The molecule has 36 heavy (non-hydrogen) atoms. The number of amides is 2. The number of carbonyl (C=O) groups excluding carboxylic acids is 1. The van der Waals surface area contributed by atoms with Crippen molar-refractivity contribution in [2.45, 2.75) is 19.9 Å². The molecule has 4 rings (SSSR count). The van der Waals surface area contributed by atoms with Crippen LogP contribution in [0.15, 0.2) is 42.5 Å². The number of rotatable bonds is 10. The smallest absolute Gasteiger partial charge is 0.319 e. The van der Waals surface area contributed by atoms with Gasteiger partial charge in [0.15, 0.2) is 0 Å². The average molecular weight is 510 g/mol. The van der Waals surface area contributed by atoms with Gasteiger partial charge in [-0.05, 0) is 37.6 Å². The molecular formula is C27H32ClN5O3. The molecule has 1 aliphatic heterocycles. The van der Waals surface area contributed by atoms with Gasteiger partial charge in [-0.25, -0.2) is 4.79 Å². The number of aromatic nitrogens is 1. The summed E-state index contributed by atoms with van der Waals surface area (Å²) in [6.07, 6.45) is 0.944. The molecule has 0 unspecified atom stereocenters. The summed E-state index contributed by atoms with van der Waals surface area (Å²) in [6, 6.07) is 15.5. The molecule has 0 spiro atoms. The number of aryl methyl sites for hydroxylation is 1. The van der Waals surface area contributed by atoms with E-state index >= 15 is 0 Å². The minimum absolute atomic E-state index is 0.320. The van der Waals surface area contributed by atoms with E-state index in [4.69, 9.17) is 21.1 Å². The van der Waals surface area contributed by atoms with Gasteiger partial charge in [0.1, 0.15) is 11.8 Å². The highest BCUT2D eigenvalue weighted by Gasteiger charge is 2.19. The van der Waals surface area contributed by atoms with Gasteiger partial charge >= 0.3 is 6.03 Å². The van der Waals surface area contributed by atoms with Gasteiger partial charge in [-0.15, -0.1) is 11.6 Å². The minimum Gasteiger partial charge on any atom is -0.493 e. The van der Waals surface area contributed by atoms with Crippen LogP contribution in [0.1, 0.15) is 18.9 Å². The molecule has 0 saturated carbocycles. The first-order valence-corrected chi connectivity index (χ1v) is 12.9. The van der Waals surface area contributed by atoms with Gasteiger partial charge in [-0.2, -0.15) is 5.26 Å². The lowest BCUT2D eigenvalue weighted by Gasteiger charge is -2.26. The van der Waals surface area contributed by atoms with E-state index in [1.165, 1.54) is 0 Å². The number of morpholine rings is 1. The Morgan fingerprint density at radius 2 is 2.06 bits per heavy atom. The van der Waals surface area contributed by atoms with Crippen LogP contribution in [-0.4, -0.2) is 67.4 Å². The number of benzene rings is 2. The summed E-state index contributed by atoms with van der Waals surface area (Å²) in [4.78, 5) is 14.5. The van der Waals surface area contributed by atoms with Crippen molar-refractivity contribution in [3.05, 3.63) is 48.0 Å². The number of fused-ring (bicyclic) bond motifs is 1. The zero-order valence-electron chi connectivity index (χ0n) is 20.6. The molecule has 0 radical (unpaired) electrons. The highest BCUT2D eigenvalue weighted by Crippen LogP contribution is 2.36. The molecule has 2 amide bonds. The third-order valence-corrected chi connectivity index (χ3v) is 6.42. The van der Waals surface area contributed by atoms with E-state index in [9.17, 15) is 10.1 Å². The van der Waals surface area contributed by atoms with Crippen molar-refractivity contribution in [1.29, 1.82) is 5.26 Å². The SMILES string of the molecule is CCn1c(-c2cccc(NC(=O)NCCCl)c2)c(C#N)c2ccc(OCCCN3CCOCC3)cc21. The third-order valence-electron chi connectivity index (χ3n) is 6.23. The summed E-state index contributed by atoms with van der Waals surface area (Å²) in [5.41, 5.74) is 3.88. The molecule has 2 N–H and O–H groups in total. The summed E-state index contributed by atoms with van der Waals surface area (Å²) >= 11 is 5.65. The molecule has 0 bridgehead atoms. The van der Waals surface area contributed by atoms with Crippen molar-refractivity contribution in [3.8, 4) is 23.1 Å². The lowest BCUT2D eigenvalue weighted by Crippen LogP contribution is -2.37. The molecule has 2 heterocycles. The van der Waals surface area contributed by atoms with Gasteiger partial charge < -0.3 is 24.7 Å². The van der Waals surface area contributed by atoms with E-state index in [1.54, 1.807) is 0 Å². The van der Waals surface area contributed by atoms with E-state index in [0.717, 1.165) is 67.2 Å². The zero-order valence-corrected chi connectivity index (χ0v) is 21.3. The van der Waals surface area contributed by atoms with Crippen molar-refractivity contribution in [2.75, 3.05) is 57.2 Å². The summed E-state index contributed by atoms with van der Waals surface area (Å²) in [5, 5.41) is 16.5. The second-order valence-electron chi connectivity index (χ2n) is 8.57. The number of hydrogen-bond acceptors (Lipinski definition) is 5. The van der Waals surface area contributed by atoms with Gasteiger partial charge in [0, 0.05) is 61.3 Å². The van der Waals surface area contributed by atoms with Crippen LogP contribution < -0.4 is 15.4 Å². The molecule has 0 atom stereocenters. The number of alkyl halides is 1. The molecular weight excluding hydrogens is 478 g/mol. The molecule has 3 aromatic rings. The van der Waals surface area contributed by atoms with E-state index < -0.39 is 0 Å². The van der Waals surface area contributed by atoms with Crippen LogP contribution in [0.25, 0.3) is 22.2 Å². The molecule has 1 saturated heterocycles. The standard InChI is InChI=1S/C27H32ClN5O3/c1-2-33-25-18-22(36-14-4-11-32-12-15-35-16-13-32)7-8-23(25)24(19-29)26(33)20-5-3-6-21(17-20)31-27(34)30-10-9-28/h3,5-8,17-18H,2,4,9-16H2,1H3,(H2,30,31,34). The van der Waals surface area contributed by atoms with Gasteiger partial charge in [-0.3, -0.25) is 4.90 Å². The fraction of sp³-hybridized carbons (Fsp3) is 0.407. The van der Waals surface area contributed by atoms with Gasteiger partial charge in [-0.1, -0.05) is 12.1 Å². The lowest BCUT2D eigenvalue weighted by atomic mass is 10.1. The number of ether oxygens (including phenoxy) is 2. The van der Waals surface area contributed by atoms with Crippen molar-refractivity contribution in [2.24, 2.45) is 0 Å². The third kappa shape index (κ3) is 6.11. The Morgan fingerprint density at radius 1 is 1.22 bits per heavy atom. The highest BCUT2D eigenvalue weighted by molar-refractivity contribution is 6.18. The monoisotopic (exact) mass is 509 g/mol. The summed E-state index contributed by atoms with van der Waals surface area (Å²) < 4.78 is 13.6.